The van der Waals surface area contributed by atoms with Gasteiger partial charge in [0.15, 0.2) is 5.82 Å². The molecule has 1 saturated heterocycles. The minimum Gasteiger partial charge on any atom is -0.354 e. The van der Waals surface area contributed by atoms with Crippen LogP contribution in [0, 0.1) is 0 Å². The summed E-state index contributed by atoms with van der Waals surface area (Å²) in [6, 6.07) is 0.847. The fourth-order valence-corrected chi connectivity index (χ4v) is 2.85. The lowest BCUT2D eigenvalue weighted by Gasteiger charge is -2.35. The molecule has 1 aliphatic heterocycles. The van der Waals surface area contributed by atoms with Crippen molar-refractivity contribution in [3.05, 3.63) is 11.2 Å². The standard InChI is InChI=1S/C14H22ClN5/c1-2-5-16-14-17-10-12(15)13(18-14)20-8-6-19(7-9-20)11-3-4-11/h10-11H,2-9H2,1H3,(H,16,17,18). The maximum Gasteiger partial charge on any atom is 0.224 e. The number of halogens is 1. The zero-order chi connectivity index (χ0) is 13.9. The molecule has 2 fully saturated rings. The predicted molar refractivity (Wildman–Crippen MR) is 82.6 cm³/mol. The summed E-state index contributed by atoms with van der Waals surface area (Å²) in [6.45, 7) is 7.24. The molecule has 0 radical (unpaired) electrons. The molecule has 1 aliphatic carbocycles. The molecule has 1 saturated carbocycles. The van der Waals surface area contributed by atoms with E-state index in [1.165, 1.54) is 12.8 Å². The van der Waals surface area contributed by atoms with Crippen molar-refractivity contribution in [2.45, 2.75) is 32.2 Å². The van der Waals surface area contributed by atoms with Crippen LogP contribution in [-0.2, 0) is 0 Å². The molecule has 3 rings (SSSR count). The van der Waals surface area contributed by atoms with Crippen molar-refractivity contribution in [3.8, 4) is 0 Å². The minimum atomic E-state index is 0.645. The monoisotopic (exact) mass is 295 g/mol. The highest BCUT2D eigenvalue weighted by atomic mass is 35.5. The van der Waals surface area contributed by atoms with E-state index in [0.29, 0.717) is 11.0 Å². The molecule has 1 N–H and O–H groups in total. The number of nitrogens with zero attached hydrogens (tertiary/aromatic N) is 4. The molecule has 0 atom stereocenters. The third-order valence-corrected chi connectivity index (χ3v) is 4.20. The number of hydrogen-bond acceptors (Lipinski definition) is 5. The van der Waals surface area contributed by atoms with Crippen molar-refractivity contribution >= 4 is 23.4 Å². The molecule has 20 heavy (non-hydrogen) atoms. The van der Waals surface area contributed by atoms with Gasteiger partial charge in [0.2, 0.25) is 5.95 Å². The number of nitrogens with one attached hydrogen (secondary N) is 1. The number of piperazine rings is 1. The van der Waals surface area contributed by atoms with Gasteiger partial charge < -0.3 is 10.2 Å². The molecule has 1 aromatic heterocycles. The van der Waals surface area contributed by atoms with Crippen LogP contribution in [0.1, 0.15) is 26.2 Å². The van der Waals surface area contributed by atoms with E-state index in [1.807, 2.05) is 0 Å². The first-order valence-corrected chi connectivity index (χ1v) is 7.91. The van der Waals surface area contributed by atoms with Gasteiger partial charge in [0, 0.05) is 38.8 Å². The average molecular weight is 296 g/mol. The number of anilines is 2. The molecule has 1 aromatic rings. The Morgan fingerprint density at radius 1 is 1.30 bits per heavy atom. The van der Waals surface area contributed by atoms with E-state index in [0.717, 1.165) is 51.0 Å². The molecule has 0 unspecified atom stereocenters. The lowest BCUT2D eigenvalue weighted by Crippen LogP contribution is -2.47. The van der Waals surface area contributed by atoms with Crippen molar-refractivity contribution in [3.63, 3.8) is 0 Å². The van der Waals surface area contributed by atoms with E-state index >= 15 is 0 Å². The van der Waals surface area contributed by atoms with Gasteiger partial charge in [-0.3, -0.25) is 4.90 Å². The lowest BCUT2D eigenvalue weighted by atomic mass is 10.3. The summed E-state index contributed by atoms with van der Waals surface area (Å²) in [5.74, 6) is 1.55. The van der Waals surface area contributed by atoms with Gasteiger partial charge in [-0.25, -0.2) is 4.98 Å². The largest absolute Gasteiger partial charge is 0.354 e. The summed E-state index contributed by atoms with van der Waals surface area (Å²) in [5, 5.41) is 3.87. The van der Waals surface area contributed by atoms with Gasteiger partial charge in [0.25, 0.3) is 0 Å². The van der Waals surface area contributed by atoms with Gasteiger partial charge >= 0.3 is 0 Å². The van der Waals surface area contributed by atoms with Gasteiger partial charge in [-0.2, -0.15) is 4.98 Å². The van der Waals surface area contributed by atoms with Crippen LogP contribution in [0.4, 0.5) is 11.8 Å². The van der Waals surface area contributed by atoms with Crippen molar-refractivity contribution in [2.75, 3.05) is 42.9 Å². The van der Waals surface area contributed by atoms with Crippen LogP contribution in [0.2, 0.25) is 5.02 Å². The molecule has 0 aromatic carbocycles. The minimum absolute atomic E-state index is 0.645. The van der Waals surface area contributed by atoms with Crippen LogP contribution in [0.15, 0.2) is 6.20 Å². The summed E-state index contributed by atoms with van der Waals surface area (Å²) < 4.78 is 0. The van der Waals surface area contributed by atoms with Crippen LogP contribution in [0.3, 0.4) is 0 Å². The molecule has 5 nitrogen and oxygen atoms in total. The topological polar surface area (TPSA) is 44.3 Å². The molecule has 0 amide bonds. The summed E-state index contributed by atoms with van der Waals surface area (Å²) >= 11 is 6.27. The van der Waals surface area contributed by atoms with Crippen LogP contribution in [0.25, 0.3) is 0 Å². The van der Waals surface area contributed by atoms with E-state index in [9.17, 15) is 0 Å². The molecule has 110 valence electrons. The number of aromatic nitrogens is 2. The van der Waals surface area contributed by atoms with Crippen LogP contribution in [-0.4, -0.2) is 53.6 Å². The summed E-state index contributed by atoms with van der Waals surface area (Å²) in [6.07, 6.45) is 5.51. The Hall–Kier alpha value is -1.07. The SMILES string of the molecule is CCCNc1ncc(Cl)c(N2CCN(C3CC3)CC2)n1. The van der Waals surface area contributed by atoms with Crippen LogP contribution >= 0.6 is 11.6 Å². The Balaban J connectivity index is 1.66. The summed E-state index contributed by atoms with van der Waals surface area (Å²) in [7, 11) is 0. The van der Waals surface area contributed by atoms with Gasteiger partial charge in [0.05, 0.1) is 6.20 Å². The lowest BCUT2D eigenvalue weighted by molar-refractivity contribution is 0.247. The highest BCUT2D eigenvalue weighted by molar-refractivity contribution is 6.32. The predicted octanol–water partition coefficient (Wildman–Crippen LogP) is 2.24. The number of hydrogen-bond donors (Lipinski definition) is 1. The molecule has 6 heteroatoms. The second-order valence-corrected chi connectivity index (χ2v) is 5.95. The average Bonchev–Trinajstić information content (AvgIpc) is 3.31. The maximum atomic E-state index is 6.27. The van der Waals surface area contributed by atoms with E-state index in [-0.39, 0.29) is 0 Å². The second-order valence-electron chi connectivity index (χ2n) is 5.55. The molecular weight excluding hydrogens is 274 g/mol. The highest BCUT2D eigenvalue weighted by Gasteiger charge is 2.31. The summed E-state index contributed by atoms with van der Waals surface area (Å²) in [4.78, 5) is 13.7. The zero-order valence-corrected chi connectivity index (χ0v) is 12.7. The van der Waals surface area contributed by atoms with Crippen LogP contribution in [0.5, 0.6) is 0 Å². The van der Waals surface area contributed by atoms with Gasteiger partial charge in [-0.05, 0) is 19.3 Å². The molecular formula is C14H22ClN5. The first kappa shape index (κ1) is 13.9. The first-order chi connectivity index (χ1) is 9.78. The van der Waals surface area contributed by atoms with Gasteiger partial charge in [-0.1, -0.05) is 18.5 Å². The normalized spacial score (nSPS) is 20.2. The number of rotatable bonds is 5. The Bertz CT molecular complexity index is 455. The summed E-state index contributed by atoms with van der Waals surface area (Å²) in [5.41, 5.74) is 0. The Labute approximate surface area is 125 Å². The van der Waals surface area contributed by atoms with Gasteiger partial charge in [0.1, 0.15) is 5.02 Å². The van der Waals surface area contributed by atoms with Crippen LogP contribution < -0.4 is 10.2 Å². The van der Waals surface area contributed by atoms with Crippen molar-refractivity contribution in [1.82, 2.24) is 14.9 Å². The molecule has 2 heterocycles. The second kappa shape index (κ2) is 6.14. The molecule has 0 spiro atoms. The fraction of sp³-hybridized carbons (Fsp3) is 0.714. The Morgan fingerprint density at radius 3 is 2.70 bits per heavy atom. The highest BCUT2D eigenvalue weighted by Crippen LogP contribution is 2.30. The quantitative estimate of drug-likeness (QED) is 0.902. The Morgan fingerprint density at radius 2 is 2.05 bits per heavy atom. The molecule has 2 aliphatic rings. The Kier molecular flexibility index (Phi) is 4.27. The first-order valence-electron chi connectivity index (χ1n) is 7.53. The van der Waals surface area contributed by atoms with E-state index in [1.54, 1.807) is 6.20 Å². The van der Waals surface area contributed by atoms with Crippen molar-refractivity contribution in [2.24, 2.45) is 0 Å². The fourth-order valence-electron chi connectivity index (χ4n) is 2.64. The maximum absolute atomic E-state index is 6.27. The van der Waals surface area contributed by atoms with E-state index in [4.69, 9.17) is 11.6 Å². The zero-order valence-electron chi connectivity index (χ0n) is 12.0. The third-order valence-electron chi connectivity index (χ3n) is 3.94. The van der Waals surface area contributed by atoms with E-state index in [2.05, 4.69) is 32.0 Å². The van der Waals surface area contributed by atoms with Gasteiger partial charge in [-0.15, -0.1) is 0 Å². The van der Waals surface area contributed by atoms with E-state index < -0.39 is 0 Å². The third kappa shape index (κ3) is 3.15. The smallest absolute Gasteiger partial charge is 0.224 e. The van der Waals surface area contributed by atoms with Crippen molar-refractivity contribution < 1.29 is 0 Å². The molecule has 0 bridgehead atoms. The van der Waals surface area contributed by atoms with Crippen molar-refractivity contribution in [1.29, 1.82) is 0 Å².